The van der Waals surface area contributed by atoms with Crippen molar-refractivity contribution in [1.82, 2.24) is 5.32 Å². The minimum absolute atomic E-state index is 0.00839. The maximum atomic E-state index is 12.8. The average Bonchev–Trinajstić information content (AvgIpc) is 3.12. The number of unbranched alkanes of at least 4 members (excludes halogenated alkanes) is 24. The average molecular weight is 783 g/mol. The first-order valence-electron chi connectivity index (χ1n) is 22.3. The number of phosphoric acid groups is 1. The molecule has 0 aromatic carbocycles. The number of likely N-dealkylation sites (N-methyl/N-ethyl adjacent to an activating group) is 1. The van der Waals surface area contributed by atoms with E-state index in [2.05, 4.69) is 30.5 Å². The van der Waals surface area contributed by atoms with Gasteiger partial charge in [0, 0.05) is 6.42 Å². The number of carbonyl (C=O) groups is 1. The fraction of sp³-hybridized carbons (Fsp3) is 0.844. The van der Waals surface area contributed by atoms with E-state index < -0.39 is 26.6 Å². The maximum absolute atomic E-state index is 12.8. The van der Waals surface area contributed by atoms with Crippen LogP contribution in [0.2, 0.25) is 0 Å². The molecule has 0 spiro atoms. The van der Waals surface area contributed by atoms with Crippen LogP contribution in [0, 0.1) is 0 Å². The van der Waals surface area contributed by atoms with E-state index in [1.807, 2.05) is 40.2 Å². The summed E-state index contributed by atoms with van der Waals surface area (Å²) in [7, 11) is 1.23. The minimum Gasteiger partial charge on any atom is -0.756 e. The first-order valence-corrected chi connectivity index (χ1v) is 23.8. The number of rotatable bonds is 40. The van der Waals surface area contributed by atoms with Crippen molar-refractivity contribution >= 4 is 13.7 Å². The Kier molecular flexibility index (Phi) is 36.4. The van der Waals surface area contributed by atoms with E-state index in [0.717, 1.165) is 44.9 Å². The summed E-state index contributed by atoms with van der Waals surface area (Å²) < 4.78 is 23.1. The van der Waals surface area contributed by atoms with Crippen LogP contribution in [0.1, 0.15) is 194 Å². The fourth-order valence-electron chi connectivity index (χ4n) is 6.37. The molecular weight excluding hydrogens is 695 g/mol. The van der Waals surface area contributed by atoms with Crippen LogP contribution in [-0.4, -0.2) is 68.5 Å². The SMILES string of the molecule is C/C=C/CC/C=C/CC/C=C/C(O)C(COP(=O)([O-])OCC[N+](C)(C)C)NC(=O)CCCCCCCCCCCCCCCCCCCCCCCCC. The number of nitrogens with zero attached hydrogens (tertiary/aromatic N) is 1. The number of aliphatic hydroxyl groups excluding tert-OH is 1. The number of hydrogen-bond acceptors (Lipinski definition) is 6. The zero-order valence-corrected chi connectivity index (χ0v) is 36.8. The molecule has 2 N–H and O–H groups in total. The van der Waals surface area contributed by atoms with Crippen LogP contribution in [0.4, 0.5) is 0 Å². The number of aliphatic hydroxyl groups is 1. The van der Waals surface area contributed by atoms with Crippen LogP contribution >= 0.6 is 7.82 Å². The van der Waals surface area contributed by atoms with Gasteiger partial charge in [0.2, 0.25) is 5.91 Å². The molecule has 0 bridgehead atoms. The van der Waals surface area contributed by atoms with Gasteiger partial charge in [0.1, 0.15) is 13.2 Å². The summed E-state index contributed by atoms with van der Waals surface area (Å²) in [5.41, 5.74) is 0. The second kappa shape index (κ2) is 37.3. The summed E-state index contributed by atoms with van der Waals surface area (Å²) >= 11 is 0. The van der Waals surface area contributed by atoms with Crippen molar-refractivity contribution in [1.29, 1.82) is 0 Å². The van der Waals surface area contributed by atoms with Gasteiger partial charge in [0.25, 0.3) is 7.82 Å². The second-order valence-electron chi connectivity index (χ2n) is 16.4. The van der Waals surface area contributed by atoms with Crippen LogP contribution in [0.25, 0.3) is 0 Å². The molecule has 0 fully saturated rings. The number of amides is 1. The number of carbonyl (C=O) groups excluding carboxylic acids is 1. The molecule has 54 heavy (non-hydrogen) atoms. The lowest BCUT2D eigenvalue weighted by Gasteiger charge is -2.29. The van der Waals surface area contributed by atoms with E-state index in [0.29, 0.717) is 17.4 Å². The highest BCUT2D eigenvalue weighted by Crippen LogP contribution is 2.38. The highest BCUT2D eigenvalue weighted by molar-refractivity contribution is 7.45. The Morgan fingerprint density at radius 2 is 1.07 bits per heavy atom. The number of phosphoric ester groups is 1. The Morgan fingerprint density at radius 3 is 1.50 bits per heavy atom. The van der Waals surface area contributed by atoms with Gasteiger partial charge in [-0.05, 0) is 39.0 Å². The quantitative estimate of drug-likeness (QED) is 0.0277. The number of quaternary nitrogens is 1. The van der Waals surface area contributed by atoms with Gasteiger partial charge >= 0.3 is 0 Å². The molecule has 0 aliphatic heterocycles. The lowest BCUT2D eigenvalue weighted by molar-refractivity contribution is -0.870. The molecule has 0 aromatic rings. The van der Waals surface area contributed by atoms with E-state index in [9.17, 15) is 19.4 Å². The van der Waals surface area contributed by atoms with E-state index in [1.165, 1.54) is 128 Å². The van der Waals surface area contributed by atoms with Crippen molar-refractivity contribution in [2.45, 2.75) is 206 Å². The van der Waals surface area contributed by atoms with Gasteiger partial charge in [0.05, 0.1) is 39.9 Å². The van der Waals surface area contributed by atoms with Gasteiger partial charge in [-0.25, -0.2) is 0 Å². The van der Waals surface area contributed by atoms with Gasteiger partial charge in [-0.3, -0.25) is 9.36 Å². The number of hydrogen-bond donors (Lipinski definition) is 2. The van der Waals surface area contributed by atoms with Crippen LogP contribution in [0.3, 0.4) is 0 Å². The van der Waals surface area contributed by atoms with Crippen molar-refractivity contribution in [3.63, 3.8) is 0 Å². The van der Waals surface area contributed by atoms with Crippen LogP contribution in [0.5, 0.6) is 0 Å². The Balaban J connectivity index is 4.18. The summed E-state index contributed by atoms with van der Waals surface area (Å²) in [4.78, 5) is 25.2. The summed E-state index contributed by atoms with van der Waals surface area (Å²) in [5, 5.41) is 13.7. The third-order valence-corrected chi connectivity index (χ3v) is 10.9. The van der Waals surface area contributed by atoms with E-state index in [1.54, 1.807) is 6.08 Å². The highest BCUT2D eigenvalue weighted by atomic mass is 31.2. The van der Waals surface area contributed by atoms with Gasteiger partial charge in [-0.2, -0.15) is 0 Å². The molecule has 0 aliphatic carbocycles. The van der Waals surface area contributed by atoms with Crippen molar-refractivity contribution in [2.75, 3.05) is 40.9 Å². The predicted octanol–water partition coefficient (Wildman–Crippen LogP) is 11.7. The molecule has 0 radical (unpaired) electrons. The van der Waals surface area contributed by atoms with E-state index in [4.69, 9.17) is 9.05 Å². The van der Waals surface area contributed by atoms with Gasteiger partial charge < -0.3 is 28.8 Å². The molecule has 0 rings (SSSR count). The van der Waals surface area contributed by atoms with Crippen molar-refractivity contribution < 1.29 is 32.9 Å². The molecule has 0 saturated heterocycles. The van der Waals surface area contributed by atoms with Gasteiger partial charge in [-0.1, -0.05) is 185 Å². The summed E-state index contributed by atoms with van der Waals surface area (Å²) in [5.74, 6) is -0.213. The first-order chi connectivity index (χ1) is 26.0. The van der Waals surface area contributed by atoms with Crippen molar-refractivity contribution in [3.8, 4) is 0 Å². The zero-order valence-electron chi connectivity index (χ0n) is 35.9. The normalized spacial score (nSPS) is 14.7. The van der Waals surface area contributed by atoms with Crippen molar-refractivity contribution in [2.24, 2.45) is 0 Å². The Morgan fingerprint density at radius 1 is 0.667 bits per heavy atom. The maximum Gasteiger partial charge on any atom is 0.268 e. The highest BCUT2D eigenvalue weighted by Gasteiger charge is 2.23. The Labute approximate surface area is 334 Å². The molecule has 0 aromatic heterocycles. The lowest BCUT2D eigenvalue weighted by atomic mass is 10.0. The summed E-state index contributed by atoms with van der Waals surface area (Å²) in [6.07, 6.45) is 45.2. The fourth-order valence-corrected chi connectivity index (χ4v) is 7.09. The van der Waals surface area contributed by atoms with Crippen LogP contribution in [-0.2, 0) is 18.4 Å². The van der Waals surface area contributed by atoms with Gasteiger partial charge in [-0.15, -0.1) is 0 Å². The lowest BCUT2D eigenvalue weighted by Crippen LogP contribution is -2.45. The molecule has 0 saturated carbocycles. The minimum atomic E-state index is -4.59. The van der Waals surface area contributed by atoms with Crippen LogP contribution < -0.4 is 10.2 Å². The Hall–Kier alpha value is -1.28. The third-order valence-electron chi connectivity index (χ3n) is 9.93. The monoisotopic (exact) mass is 783 g/mol. The molecule has 9 heteroatoms. The molecule has 3 unspecified atom stereocenters. The van der Waals surface area contributed by atoms with Crippen LogP contribution in [0.15, 0.2) is 36.5 Å². The van der Waals surface area contributed by atoms with Crippen molar-refractivity contribution in [3.05, 3.63) is 36.5 Å². The Bertz CT molecular complexity index is 980. The number of allylic oxidation sites excluding steroid dienone is 5. The molecular formula is C45H87N2O6P. The summed E-state index contributed by atoms with van der Waals surface area (Å²) in [6.45, 7) is 4.38. The molecule has 0 heterocycles. The molecule has 8 nitrogen and oxygen atoms in total. The third kappa shape index (κ3) is 39.0. The molecule has 318 valence electrons. The largest absolute Gasteiger partial charge is 0.756 e. The van der Waals surface area contributed by atoms with Gasteiger partial charge in [0.15, 0.2) is 0 Å². The summed E-state index contributed by atoms with van der Waals surface area (Å²) in [6, 6.07) is -0.904. The second-order valence-corrected chi connectivity index (χ2v) is 17.8. The smallest absolute Gasteiger partial charge is 0.268 e. The standard InChI is InChI=1S/C45H87N2O6P/c1-6-8-10-12-14-16-17-18-19-20-21-22-23-24-25-26-27-28-29-31-33-35-37-39-45(49)46-43(42-53-54(50,51)52-41-40-47(3,4)5)44(48)38-36-34-32-30-15-13-11-9-7-2/h7,9,15,30,36,38,43-44,48H,6,8,10-14,16-29,31-35,37,39-42H2,1-5H3,(H-,46,49,50,51)/b9-7+,30-15+,38-36+. The van der Waals surface area contributed by atoms with E-state index >= 15 is 0 Å². The predicted molar refractivity (Wildman–Crippen MR) is 228 cm³/mol. The topological polar surface area (TPSA) is 108 Å². The molecule has 1 amide bonds. The first kappa shape index (κ1) is 52.7. The zero-order chi connectivity index (χ0) is 40.0. The molecule has 0 aliphatic rings. The number of nitrogens with one attached hydrogen (secondary N) is 1. The van der Waals surface area contributed by atoms with E-state index in [-0.39, 0.29) is 12.5 Å². The molecule has 3 atom stereocenters.